The summed E-state index contributed by atoms with van der Waals surface area (Å²) in [6, 6.07) is 6.99. The van der Waals surface area contributed by atoms with Crippen molar-refractivity contribution in [3.8, 4) is 0 Å². The van der Waals surface area contributed by atoms with Crippen molar-refractivity contribution in [1.82, 2.24) is 10.2 Å². The number of benzene rings is 2. The molecule has 5 atom stereocenters. The molecule has 4 rings (SSSR count). The van der Waals surface area contributed by atoms with Gasteiger partial charge >= 0.3 is 12.4 Å². The van der Waals surface area contributed by atoms with Gasteiger partial charge in [0.05, 0.1) is 29.4 Å². The van der Waals surface area contributed by atoms with Crippen LogP contribution in [0.4, 0.5) is 30.7 Å². The number of halogens is 7. The molecule has 39 heavy (non-hydrogen) atoms. The van der Waals surface area contributed by atoms with Gasteiger partial charge in [-0.3, -0.25) is 9.69 Å². The van der Waals surface area contributed by atoms with E-state index in [1.807, 2.05) is 25.8 Å². The third kappa shape index (κ3) is 6.09. The predicted octanol–water partition coefficient (Wildman–Crippen LogP) is 6.54. The average molecular weight is 561 g/mol. The van der Waals surface area contributed by atoms with Crippen molar-refractivity contribution < 1.29 is 40.3 Å². The topological polar surface area (TPSA) is 41.6 Å². The van der Waals surface area contributed by atoms with Gasteiger partial charge in [0.2, 0.25) is 5.91 Å². The lowest BCUT2D eigenvalue weighted by atomic mass is 9.80. The van der Waals surface area contributed by atoms with Crippen LogP contribution in [0.1, 0.15) is 61.3 Å². The Morgan fingerprint density at radius 3 is 2.13 bits per heavy atom. The highest BCUT2D eigenvalue weighted by atomic mass is 19.4. The van der Waals surface area contributed by atoms with Crippen molar-refractivity contribution in [2.45, 2.75) is 75.7 Å². The number of rotatable bonds is 7. The van der Waals surface area contributed by atoms with Crippen molar-refractivity contribution in [3.63, 3.8) is 0 Å². The van der Waals surface area contributed by atoms with E-state index in [9.17, 15) is 35.5 Å². The second-order valence-electron chi connectivity index (χ2n) is 10.7. The molecular weight excluding hydrogens is 529 g/mol. The Morgan fingerprint density at radius 2 is 1.59 bits per heavy atom. The molecule has 11 heteroatoms. The summed E-state index contributed by atoms with van der Waals surface area (Å²) in [4.78, 5) is 14.9. The Bertz CT molecular complexity index is 1150. The van der Waals surface area contributed by atoms with E-state index in [-0.39, 0.29) is 35.4 Å². The quantitative estimate of drug-likeness (QED) is 0.391. The number of alkyl halides is 6. The smallest absolute Gasteiger partial charge is 0.373 e. The maximum absolute atomic E-state index is 13.7. The first-order chi connectivity index (χ1) is 18.1. The molecule has 0 aromatic heterocycles. The standard InChI is InChI=1S/C28H31F7N2O2/c1-4-37(3)26(2)14-22(36-25(26)38)21-9-10-23(24(21)17-5-7-20(29)8-6-17)39-15-16-11-18(27(30,31)32)13-19(12-16)28(33,34)35/h5-8,11-13,21-24H,4,9-10,14-15H2,1-3H3,(H,36,38)/t21-,22+,23-,24-,26+/m0/s1. The van der Waals surface area contributed by atoms with Gasteiger partial charge in [-0.15, -0.1) is 0 Å². The van der Waals surface area contributed by atoms with Gasteiger partial charge in [-0.2, -0.15) is 26.3 Å². The van der Waals surface area contributed by atoms with Crippen LogP contribution in [-0.4, -0.2) is 42.1 Å². The molecule has 1 saturated carbocycles. The molecule has 1 saturated heterocycles. The lowest BCUT2D eigenvalue weighted by Crippen LogP contribution is -2.49. The number of nitrogens with zero attached hydrogens (tertiary/aromatic N) is 1. The molecule has 1 N–H and O–H groups in total. The zero-order chi connectivity index (χ0) is 28.8. The lowest BCUT2D eigenvalue weighted by molar-refractivity contribution is -0.143. The highest BCUT2D eigenvalue weighted by molar-refractivity contribution is 5.88. The first kappa shape index (κ1) is 29.3. The molecule has 0 unspecified atom stereocenters. The van der Waals surface area contributed by atoms with Gasteiger partial charge in [-0.25, -0.2) is 4.39 Å². The van der Waals surface area contributed by atoms with E-state index in [1.165, 1.54) is 12.1 Å². The van der Waals surface area contributed by atoms with Crippen LogP contribution in [-0.2, 0) is 28.5 Å². The first-order valence-electron chi connectivity index (χ1n) is 12.8. The third-order valence-electron chi connectivity index (χ3n) is 8.27. The van der Waals surface area contributed by atoms with Crippen LogP contribution in [0.3, 0.4) is 0 Å². The van der Waals surface area contributed by atoms with Crippen LogP contribution in [0.2, 0.25) is 0 Å². The largest absolute Gasteiger partial charge is 0.416 e. The fraction of sp³-hybridized carbons (Fsp3) is 0.536. The van der Waals surface area contributed by atoms with Gasteiger partial charge in [0.15, 0.2) is 0 Å². The van der Waals surface area contributed by atoms with Crippen molar-refractivity contribution in [1.29, 1.82) is 0 Å². The number of hydrogen-bond acceptors (Lipinski definition) is 3. The molecule has 0 spiro atoms. The summed E-state index contributed by atoms with van der Waals surface area (Å²) >= 11 is 0. The van der Waals surface area contributed by atoms with Crippen molar-refractivity contribution in [3.05, 3.63) is 70.5 Å². The molecule has 1 amide bonds. The summed E-state index contributed by atoms with van der Waals surface area (Å²) in [5, 5.41) is 3.10. The SMILES string of the molecule is CCN(C)[C@]1(C)C[C@H]([C@@H]2CC[C@H](OCc3cc(C(F)(F)F)cc(C(F)(F)F)c3)[C@H]2c2ccc(F)cc2)NC1=O. The highest BCUT2D eigenvalue weighted by Gasteiger charge is 2.52. The highest BCUT2D eigenvalue weighted by Crippen LogP contribution is 2.47. The summed E-state index contributed by atoms with van der Waals surface area (Å²) in [6.45, 7) is 4.01. The number of amides is 1. The lowest BCUT2D eigenvalue weighted by Gasteiger charge is -2.33. The van der Waals surface area contributed by atoms with Crippen molar-refractivity contribution in [2.75, 3.05) is 13.6 Å². The van der Waals surface area contributed by atoms with Gasteiger partial charge in [0.25, 0.3) is 0 Å². The number of nitrogens with one attached hydrogen (secondary N) is 1. The number of likely N-dealkylation sites (N-methyl/N-ethyl adjacent to an activating group) is 1. The van der Waals surface area contributed by atoms with Crippen LogP contribution in [0, 0.1) is 11.7 Å². The molecule has 0 bridgehead atoms. The monoisotopic (exact) mass is 560 g/mol. The number of hydrogen-bond donors (Lipinski definition) is 1. The average Bonchev–Trinajstić information content (AvgIpc) is 3.42. The normalized spacial score (nSPS) is 27.8. The Labute approximate surface area is 222 Å². The molecule has 2 aromatic rings. The summed E-state index contributed by atoms with van der Waals surface area (Å²) in [5.74, 6) is -1.02. The molecular formula is C28H31F7N2O2. The summed E-state index contributed by atoms with van der Waals surface area (Å²) in [7, 11) is 1.87. The van der Waals surface area contributed by atoms with Gasteiger partial charge in [-0.05, 0) is 87.2 Å². The van der Waals surface area contributed by atoms with Gasteiger partial charge < -0.3 is 10.1 Å². The second-order valence-corrected chi connectivity index (χ2v) is 10.7. The van der Waals surface area contributed by atoms with E-state index in [1.54, 1.807) is 12.1 Å². The van der Waals surface area contributed by atoms with Crippen LogP contribution in [0.25, 0.3) is 0 Å². The van der Waals surface area contributed by atoms with E-state index in [0.717, 1.165) is 5.56 Å². The summed E-state index contributed by atoms with van der Waals surface area (Å²) in [6.07, 6.45) is -8.86. The Kier molecular flexibility index (Phi) is 8.06. The van der Waals surface area contributed by atoms with E-state index < -0.39 is 47.5 Å². The Morgan fingerprint density at radius 1 is 1.00 bits per heavy atom. The molecule has 4 nitrogen and oxygen atoms in total. The maximum atomic E-state index is 13.7. The van der Waals surface area contributed by atoms with E-state index in [4.69, 9.17) is 4.74 Å². The Hall–Kier alpha value is -2.66. The zero-order valence-corrected chi connectivity index (χ0v) is 21.8. The molecule has 214 valence electrons. The molecule has 2 fully saturated rings. The van der Waals surface area contributed by atoms with E-state index >= 15 is 0 Å². The van der Waals surface area contributed by atoms with E-state index in [0.29, 0.717) is 37.9 Å². The van der Waals surface area contributed by atoms with Gasteiger partial charge in [0, 0.05) is 12.0 Å². The predicted molar refractivity (Wildman–Crippen MR) is 130 cm³/mol. The van der Waals surface area contributed by atoms with Crippen LogP contribution in [0.15, 0.2) is 42.5 Å². The van der Waals surface area contributed by atoms with Crippen molar-refractivity contribution in [2.24, 2.45) is 5.92 Å². The van der Waals surface area contributed by atoms with Gasteiger partial charge in [-0.1, -0.05) is 19.1 Å². The molecule has 0 radical (unpaired) electrons. The summed E-state index contributed by atoms with van der Waals surface area (Å²) in [5.41, 5.74) is -3.04. The fourth-order valence-corrected chi connectivity index (χ4v) is 5.92. The van der Waals surface area contributed by atoms with Crippen molar-refractivity contribution >= 4 is 5.91 Å². The van der Waals surface area contributed by atoms with E-state index in [2.05, 4.69) is 5.32 Å². The minimum Gasteiger partial charge on any atom is -0.373 e. The third-order valence-corrected chi connectivity index (χ3v) is 8.27. The molecule has 1 aliphatic heterocycles. The maximum Gasteiger partial charge on any atom is 0.416 e. The molecule has 2 aliphatic rings. The number of ether oxygens (including phenoxy) is 1. The first-order valence-corrected chi connectivity index (χ1v) is 12.8. The Balaban J connectivity index is 1.61. The minimum atomic E-state index is -4.95. The van der Waals surface area contributed by atoms with Crippen LogP contribution < -0.4 is 5.32 Å². The molecule has 1 aliphatic carbocycles. The minimum absolute atomic E-state index is 0.0868. The van der Waals surface area contributed by atoms with Gasteiger partial charge in [0.1, 0.15) is 5.82 Å². The second kappa shape index (κ2) is 10.7. The zero-order valence-electron chi connectivity index (χ0n) is 21.8. The number of carbonyl (C=O) groups excluding carboxylic acids is 1. The van der Waals surface area contributed by atoms with Crippen LogP contribution in [0.5, 0.6) is 0 Å². The van der Waals surface area contributed by atoms with Crippen LogP contribution >= 0.6 is 0 Å². The molecule has 2 aromatic carbocycles. The summed E-state index contributed by atoms with van der Waals surface area (Å²) < 4.78 is 99.6. The fourth-order valence-electron chi connectivity index (χ4n) is 5.92. The molecule has 1 heterocycles. The number of carbonyl (C=O) groups is 1.